The molecule has 0 bridgehead atoms. The molecule has 1 aromatic carbocycles. The molecule has 0 saturated heterocycles. The predicted molar refractivity (Wildman–Crippen MR) is 112 cm³/mol. The number of nitrogens with zero attached hydrogens (tertiary/aromatic N) is 1. The summed E-state index contributed by atoms with van der Waals surface area (Å²) in [7, 11) is 0. The van der Waals surface area contributed by atoms with Gasteiger partial charge in [-0.15, -0.1) is 0 Å². The lowest BCUT2D eigenvalue weighted by atomic mass is 9.76. The Labute approximate surface area is 176 Å². The van der Waals surface area contributed by atoms with Gasteiger partial charge in [-0.1, -0.05) is 43.2 Å². The Morgan fingerprint density at radius 1 is 1.00 bits per heavy atom. The first kappa shape index (κ1) is 21.7. The van der Waals surface area contributed by atoms with Gasteiger partial charge in [-0.3, -0.25) is 19.4 Å². The van der Waals surface area contributed by atoms with E-state index in [1.165, 1.54) is 0 Å². The van der Waals surface area contributed by atoms with Crippen molar-refractivity contribution in [1.82, 2.24) is 4.98 Å². The van der Waals surface area contributed by atoms with E-state index in [1.807, 2.05) is 42.5 Å². The maximum absolute atomic E-state index is 12.8. The van der Waals surface area contributed by atoms with Gasteiger partial charge in [0.05, 0.1) is 18.0 Å². The molecule has 158 valence electrons. The highest BCUT2D eigenvalue weighted by Crippen LogP contribution is 2.43. The first-order valence-electron chi connectivity index (χ1n) is 10.4. The number of pyridine rings is 1. The number of carboxylic acids is 2. The number of hydrogen-bond donors (Lipinski definition) is 2. The molecule has 1 atom stereocenters. The maximum Gasteiger partial charge on any atom is 0.306 e. The molecule has 0 aliphatic heterocycles. The Hall–Kier alpha value is -3.02. The molecule has 1 aliphatic carbocycles. The summed E-state index contributed by atoms with van der Waals surface area (Å²) in [4.78, 5) is 40.1. The van der Waals surface area contributed by atoms with E-state index in [1.54, 1.807) is 6.20 Å². The van der Waals surface area contributed by atoms with Gasteiger partial charge in [0.1, 0.15) is 5.78 Å². The van der Waals surface area contributed by atoms with Crippen LogP contribution in [0.25, 0.3) is 11.3 Å². The second kappa shape index (κ2) is 9.65. The Balaban J connectivity index is 1.63. The maximum atomic E-state index is 12.8. The van der Waals surface area contributed by atoms with Crippen LogP contribution in [-0.4, -0.2) is 32.9 Å². The van der Waals surface area contributed by atoms with Gasteiger partial charge in [-0.2, -0.15) is 0 Å². The molecular weight excluding hydrogens is 382 g/mol. The van der Waals surface area contributed by atoms with Crippen LogP contribution in [0.5, 0.6) is 0 Å². The Bertz CT molecular complexity index is 886. The second-order valence-electron chi connectivity index (χ2n) is 8.17. The van der Waals surface area contributed by atoms with Gasteiger partial charge in [0, 0.05) is 23.6 Å². The molecule has 6 nitrogen and oxygen atoms in total. The number of rotatable bonds is 10. The molecule has 3 rings (SSSR count). The first-order chi connectivity index (χ1) is 14.4. The molecule has 2 N–H and O–H groups in total. The fourth-order valence-electron chi connectivity index (χ4n) is 4.41. The van der Waals surface area contributed by atoms with E-state index < -0.39 is 23.3 Å². The zero-order chi connectivity index (χ0) is 21.6. The van der Waals surface area contributed by atoms with Crippen LogP contribution in [0.4, 0.5) is 0 Å². The summed E-state index contributed by atoms with van der Waals surface area (Å²) in [6, 6.07) is 13.3. The van der Waals surface area contributed by atoms with E-state index >= 15 is 0 Å². The highest BCUT2D eigenvalue weighted by atomic mass is 16.4. The second-order valence-corrected chi connectivity index (χ2v) is 8.17. The highest BCUT2D eigenvalue weighted by Gasteiger charge is 2.42. The quantitative estimate of drug-likeness (QED) is 0.603. The average molecular weight is 409 g/mol. The van der Waals surface area contributed by atoms with Crippen LogP contribution in [0.1, 0.15) is 50.5 Å². The van der Waals surface area contributed by atoms with Crippen LogP contribution < -0.4 is 0 Å². The summed E-state index contributed by atoms with van der Waals surface area (Å²) >= 11 is 0. The number of carboxylic acid groups (broad SMARTS) is 2. The van der Waals surface area contributed by atoms with Crippen molar-refractivity contribution in [3.63, 3.8) is 0 Å². The number of Topliss-reactive ketones (excluding diaryl/α,β-unsaturated/α-hetero) is 1. The summed E-state index contributed by atoms with van der Waals surface area (Å²) in [5.41, 5.74) is 1.89. The molecule has 1 unspecified atom stereocenters. The highest BCUT2D eigenvalue weighted by molar-refractivity contribution is 5.89. The average Bonchev–Trinajstić information content (AvgIpc) is 3.20. The summed E-state index contributed by atoms with van der Waals surface area (Å²) in [5, 5.41) is 18.8. The Morgan fingerprint density at radius 3 is 2.27 bits per heavy atom. The van der Waals surface area contributed by atoms with Crippen molar-refractivity contribution in [2.75, 3.05) is 0 Å². The molecule has 2 aromatic rings. The minimum atomic E-state index is -0.965. The molecule has 1 saturated carbocycles. The van der Waals surface area contributed by atoms with Crippen molar-refractivity contribution >= 4 is 17.7 Å². The van der Waals surface area contributed by atoms with Crippen LogP contribution in [0.3, 0.4) is 0 Å². The molecule has 0 radical (unpaired) electrons. The zero-order valence-electron chi connectivity index (χ0n) is 16.9. The fourth-order valence-corrected chi connectivity index (χ4v) is 4.41. The van der Waals surface area contributed by atoms with Gasteiger partial charge < -0.3 is 10.2 Å². The number of aliphatic carboxylic acids is 2. The molecule has 1 heterocycles. The third-order valence-corrected chi connectivity index (χ3v) is 6.11. The van der Waals surface area contributed by atoms with E-state index in [4.69, 9.17) is 0 Å². The van der Waals surface area contributed by atoms with Crippen LogP contribution in [0.2, 0.25) is 0 Å². The number of ketones is 1. The molecule has 1 aromatic heterocycles. The van der Waals surface area contributed by atoms with E-state index in [-0.39, 0.29) is 25.0 Å². The molecule has 30 heavy (non-hydrogen) atoms. The van der Waals surface area contributed by atoms with E-state index in [0.29, 0.717) is 19.3 Å². The van der Waals surface area contributed by atoms with Crippen molar-refractivity contribution in [1.29, 1.82) is 0 Å². The number of aromatic nitrogens is 1. The van der Waals surface area contributed by atoms with Gasteiger partial charge in [0.15, 0.2) is 0 Å². The monoisotopic (exact) mass is 409 g/mol. The lowest BCUT2D eigenvalue weighted by Crippen LogP contribution is -2.31. The van der Waals surface area contributed by atoms with E-state index in [2.05, 4.69) is 4.98 Å². The van der Waals surface area contributed by atoms with Gasteiger partial charge in [0.2, 0.25) is 0 Å². The van der Waals surface area contributed by atoms with E-state index in [0.717, 1.165) is 29.7 Å². The number of carbonyl (C=O) groups excluding carboxylic acids is 1. The summed E-state index contributed by atoms with van der Waals surface area (Å²) in [6.07, 6.45) is 5.11. The van der Waals surface area contributed by atoms with Crippen LogP contribution in [0, 0.1) is 11.3 Å². The minimum absolute atomic E-state index is 0.0980. The summed E-state index contributed by atoms with van der Waals surface area (Å²) in [5.74, 6) is -2.68. The van der Waals surface area contributed by atoms with Crippen molar-refractivity contribution in [2.24, 2.45) is 11.3 Å². The van der Waals surface area contributed by atoms with Crippen molar-refractivity contribution < 1.29 is 24.6 Å². The third-order valence-electron chi connectivity index (χ3n) is 6.11. The fraction of sp³-hybridized carbons (Fsp3) is 0.417. The van der Waals surface area contributed by atoms with Gasteiger partial charge in [-0.05, 0) is 43.4 Å². The van der Waals surface area contributed by atoms with E-state index in [9.17, 15) is 24.6 Å². The minimum Gasteiger partial charge on any atom is -0.481 e. The third kappa shape index (κ3) is 5.32. The number of benzene rings is 1. The molecular formula is C24H27NO5. The summed E-state index contributed by atoms with van der Waals surface area (Å²) in [6.45, 7) is 0. The SMILES string of the molecule is O=C(O)CC1(C(=O)CCC(Cc2ccc(-c3ccccn3)cc2)C(=O)O)CCCC1. The van der Waals surface area contributed by atoms with Gasteiger partial charge >= 0.3 is 11.9 Å². The lowest BCUT2D eigenvalue weighted by Gasteiger charge is -2.26. The molecule has 0 spiro atoms. The van der Waals surface area contributed by atoms with Gasteiger partial charge in [0.25, 0.3) is 0 Å². The topological polar surface area (TPSA) is 105 Å². The Morgan fingerprint density at radius 2 is 1.70 bits per heavy atom. The van der Waals surface area contributed by atoms with Crippen molar-refractivity contribution in [3.05, 3.63) is 54.2 Å². The van der Waals surface area contributed by atoms with Crippen LogP contribution in [-0.2, 0) is 20.8 Å². The Kier molecular flexibility index (Phi) is 6.98. The van der Waals surface area contributed by atoms with Crippen molar-refractivity contribution in [3.8, 4) is 11.3 Å². The zero-order valence-corrected chi connectivity index (χ0v) is 16.9. The smallest absolute Gasteiger partial charge is 0.306 e. The molecule has 6 heteroatoms. The predicted octanol–water partition coefficient (Wildman–Crippen LogP) is 4.38. The molecule has 1 aliphatic rings. The lowest BCUT2D eigenvalue weighted by molar-refractivity contribution is -0.146. The standard InChI is InChI=1S/C24H27NO5/c26-21(24(16-22(27)28)12-2-3-13-24)11-10-19(23(29)30)15-17-6-8-18(9-7-17)20-5-1-4-14-25-20/h1,4-9,14,19H,2-3,10-13,15-16H2,(H,27,28)(H,29,30). The van der Waals surface area contributed by atoms with Crippen LogP contribution >= 0.6 is 0 Å². The largest absolute Gasteiger partial charge is 0.481 e. The van der Waals surface area contributed by atoms with Gasteiger partial charge in [-0.25, -0.2) is 0 Å². The molecule has 1 fully saturated rings. The number of hydrogen-bond acceptors (Lipinski definition) is 4. The summed E-state index contributed by atoms with van der Waals surface area (Å²) < 4.78 is 0. The normalized spacial score (nSPS) is 16.1. The van der Waals surface area contributed by atoms with Crippen molar-refractivity contribution in [2.45, 2.75) is 51.4 Å². The first-order valence-corrected chi connectivity index (χ1v) is 10.4. The van der Waals surface area contributed by atoms with Crippen LogP contribution in [0.15, 0.2) is 48.7 Å². The molecule has 0 amide bonds. The number of carbonyl (C=O) groups is 3.